The topological polar surface area (TPSA) is 73.2 Å². The number of imide groups is 1. The molecule has 1 aromatic heterocycles. The number of amides is 2. The van der Waals surface area contributed by atoms with Crippen LogP contribution < -0.4 is 10.1 Å². The summed E-state index contributed by atoms with van der Waals surface area (Å²) in [6, 6.07) is 18.4. The van der Waals surface area contributed by atoms with Gasteiger partial charge >= 0.3 is 0 Å². The molecule has 2 amide bonds. The van der Waals surface area contributed by atoms with Crippen molar-refractivity contribution in [3.05, 3.63) is 71.5 Å². The highest BCUT2D eigenvalue weighted by molar-refractivity contribution is 8.15. The number of rotatable bonds is 6. The fourth-order valence-electron chi connectivity index (χ4n) is 4.01. The van der Waals surface area contributed by atoms with Gasteiger partial charge in [-0.2, -0.15) is 0 Å². The Balaban J connectivity index is 1.31. The van der Waals surface area contributed by atoms with Crippen molar-refractivity contribution in [2.24, 2.45) is 7.05 Å². The van der Waals surface area contributed by atoms with Crippen LogP contribution in [0.3, 0.4) is 0 Å². The number of carbonyl (C=O) groups excluding carboxylic acids is 2. The standard InChI is InChI=1S/C25H23N3O3S/c1-3-15-5-9-20-21(11-15)28(2)23(26-20)14-31-19-8-7-17-10-16(4-6-18(17)13-19)12-22-24(29)27-25(30)32-22/h4-11,13,22H,3,12,14H2,1-2H3,(H,27,29,30). The van der Waals surface area contributed by atoms with Gasteiger partial charge in [0, 0.05) is 7.05 Å². The minimum absolute atomic E-state index is 0.211. The van der Waals surface area contributed by atoms with Crippen molar-refractivity contribution in [3.63, 3.8) is 0 Å². The largest absolute Gasteiger partial charge is 0.486 e. The summed E-state index contributed by atoms with van der Waals surface area (Å²) < 4.78 is 8.14. The molecule has 1 N–H and O–H groups in total. The fourth-order valence-corrected chi connectivity index (χ4v) is 4.87. The van der Waals surface area contributed by atoms with Crippen LogP contribution in [-0.2, 0) is 31.3 Å². The quantitative estimate of drug-likeness (QED) is 0.463. The first-order chi connectivity index (χ1) is 15.5. The van der Waals surface area contributed by atoms with Crippen molar-refractivity contribution in [1.82, 2.24) is 14.9 Å². The van der Waals surface area contributed by atoms with Gasteiger partial charge in [0.2, 0.25) is 5.91 Å². The molecule has 1 aliphatic rings. The summed E-state index contributed by atoms with van der Waals surface area (Å²) in [4.78, 5) is 27.9. The van der Waals surface area contributed by atoms with Crippen molar-refractivity contribution in [2.45, 2.75) is 31.6 Å². The molecular formula is C25H23N3O3S. The van der Waals surface area contributed by atoms with Crippen LogP contribution in [0.1, 0.15) is 23.9 Å². The highest BCUT2D eigenvalue weighted by atomic mass is 32.2. The minimum Gasteiger partial charge on any atom is -0.486 e. The van der Waals surface area contributed by atoms with Gasteiger partial charge in [0.05, 0.1) is 16.3 Å². The number of nitrogens with one attached hydrogen (secondary N) is 1. The van der Waals surface area contributed by atoms with Crippen molar-refractivity contribution in [2.75, 3.05) is 0 Å². The number of benzene rings is 3. The van der Waals surface area contributed by atoms with Crippen molar-refractivity contribution in [1.29, 1.82) is 0 Å². The third-order valence-corrected chi connectivity index (χ3v) is 6.86. The molecule has 4 aromatic rings. The maximum atomic E-state index is 11.8. The van der Waals surface area contributed by atoms with Gasteiger partial charge in [-0.25, -0.2) is 4.98 Å². The SMILES string of the molecule is CCc1ccc2nc(COc3ccc4cc(CC5SC(=O)NC5=O)ccc4c3)n(C)c2c1. The second-order valence-corrected chi connectivity index (χ2v) is 9.16. The molecule has 1 fully saturated rings. The van der Waals surface area contributed by atoms with Gasteiger partial charge in [-0.15, -0.1) is 0 Å². The summed E-state index contributed by atoms with van der Waals surface area (Å²) in [6.07, 6.45) is 1.53. The maximum absolute atomic E-state index is 11.8. The third kappa shape index (κ3) is 3.96. The molecule has 5 rings (SSSR count). The number of nitrogens with zero attached hydrogens (tertiary/aromatic N) is 2. The molecule has 0 bridgehead atoms. The van der Waals surface area contributed by atoms with Crippen LogP contribution in [0.2, 0.25) is 0 Å². The molecule has 1 atom stereocenters. The van der Waals surface area contributed by atoms with E-state index in [1.165, 1.54) is 5.56 Å². The van der Waals surface area contributed by atoms with E-state index in [0.717, 1.165) is 57.1 Å². The van der Waals surface area contributed by atoms with Crippen LogP contribution >= 0.6 is 11.8 Å². The van der Waals surface area contributed by atoms with E-state index in [2.05, 4.69) is 41.1 Å². The summed E-state index contributed by atoms with van der Waals surface area (Å²) >= 11 is 1.06. The van der Waals surface area contributed by atoms with E-state index < -0.39 is 0 Å². The predicted octanol–water partition coefficient (Wildman–Crippen LogP) is 4.76. The molecule has 7 heteroatoms. The zero-order valence-electron chi connectivity index (χ0n) is 17.9. The van der Waals surface area contributed by atoms with Crippen molar-refractivity contribution >= 4 is 44.7 Å². The Morgan fingerprint density at radius 1 is 1.03 bits per heavy atom. The molecule has 3 aromatic carbocycles. The Bertz CT molecular complexity index is 1360. The Morgan fingerprint density at radius 3 is 2.59 bits per heavy atom. The van der Waals surface area contributed by atoms with Crippen molar-refractivity contribution < 1.29 is 14.3 Å². The second kappa shape index (κ2) is 8.31. The summed E-state index contributed by atoms with van der Waals surface area (Å²) in [5, 5.41) is 3.84. The Hall–Kier alpha value is -3.32. The number of hydrogen-bond acceptors (Lipinski definition) is 5. The predicted molar refractivity (Wildman–Crippen MR) is 127 cm³/mol. The van der Waals surface area contributed by atoms with Gasteiger partial charge in [0.15, 0.2) is 0 Å². The fraction of sp³-hybridized carbons (Fsp3) is 0.240. The maximum Gasteiger partial charge on any atom is 0.286 e. The lowest BCUT2D eigenvalue weighted by atomic mass is 10.0. The van der Waals surface area contributed by atoms with Crippen LogP contribution in [0.4, 0.5) is 4.79 Å². The van der Waals surface area contributed by atoms with E-state index in [1.54, 1.807) is 0 Å². The molecule has 2 heterocycles. The summed E-state index contributed by atoms with van der Waals surface area (Å²) in [5.41, 5.74) is 4.41. The Labute approximate surface area is 190 Å². The molecule has 0 saturated carbocycles. The highest BCUT2D eigenvalue weighted by Crippen LogP contribution is 2.27. The van der Waals surface area contributed by atoms with Crippen LogP contribution in [-0.4, -0.2) is 25.9 Å². The van der Waals surface area contributed by atoms with Gasteiger partial charge in [-0.1, -0.05) is 49.0 Å². The lowest BCUT2D eigenvalue weighted by molar-refractivity contribution is -0.118. The van der Waals surface area contributed by atoms with Crippen LogP contribution in [0.5, 0.6) is 5.75 Å². The van der Waals surface area contributed by atoms with E-state index in [-0.39, 0.29) is 16.4 Å². The van der Waals surface area contributed by atoms with E-state index >= 15 is 0 Å². The monoisotopic (exact) mass is 445 g/mol. The third-order valence-electron chi connectivity index (χ3n) is 5.88. The number of hydrogen-bond donors (Lipinski definition) is 1. The molecule has 1 unspecified atom stereocenters. The molecule has 0 aliphatic carbocycles. The zero-order valence-corrected chi connectivity index (χ0v) is 18.7. The second-order valence-electron chi connectivity index (χ2n) is 7.98. The highest BCUT2D eigenvalue weighted by Gasteiger charge is 2.31. The normalized spacial score (nSPS) is 16.1. The molecule has 32 heavy (non-hydrogen) atoms. The van der Waals surface area contributed by atoms with Gasteiger partial charge in [0.1, 0.15) is 18.2 Å². The summed E-state index contributed by atoms with van der Waals surface area (Å²) in [6.45, 7) is 2.54. The number of aryl methyl sites for hydroxylation is 2. The van der Waals surface area contributed by atoms with E-state index in [9.17, 15) is 9.59 Å². The van der Waals surface area contributed by atoms with Gasteiger partial charge in [-0.3, -0.25) is 14.9 Å². The number of imidazole rings is 1. The van der Waals surface area contributed by atoms with E-state index in [4.69, 9.17) is 9.72 Å². The molecule has 0 spiro atoms. The Morgan fingerprint density at radius 2 is 1.81 bits per heavy atom. The van der Waals surface area contributed by atoms with E-state index in [1.807, 2.05) is 37.4 Å². The average molecular weight is 446 g/mol. The summed E-state index contributed by atoms with van der Waals surface area (Å²) in [5.74, 6) is 1.45. The lowest BCUT2D eigenvalue weighted by Crippen LogP contribution is -2.25. The van der Waals surface area contributed by atoms with Gasteiger partial charge in [0.25, 0.3) is 5.24 Å². The van der Waals surface area contributed by atoms with Crippen LogP contribution in [0.15, 0.2) is 54.6 Å². The Kier molecular flexibility index (Phi) is 5.35. The van der Waals surface area contributed by atoms with Gasteiger partial charge < -0.3 is 9.30 Å². The first-order valence-corrected chi connectivity index (χ1v) is 11.5. The van der Waals surface area contributed by atoms with Crippen LogP contribution in [0.25, 0.3) is 21.8 Å². The van der Waals surface area contributed by atoms with Gasteiger partial charge in [-0.05, 0) is 59.0 Å². The van der Waals surface area contributed by atoms with E-state index in [0.29, 0.717) is 13.0 Å². The molecule has 6 nitrogen and oxygen atoms in total. The smallest absolute Gasteiger partial charge is 0.286 e. The molecule has 1 saturated heterocycles. The summed E-state index contributed by atoms with van der Waals surface area (Å²) in [7, 11) is 2.02. The molecule has 1 aliphatic heterocycles. The number of fused-ring (bicyclic) bond motifs is 2. The average Bonchev–Trinajstić information content (AvgIpc) is 3.29. The van der Waals surface area contributed by atoms with Crippen molar-refractivity contribution in [3.8, 4) is 5.75 Å². The van der Waals surface area contributed by atoms with Crippen LogP contribution in [0, 0.1) is 0 Å². The number of carbonyl (C=O) groups is 2. The number of thioether (sulfide) groups is 1. The zero-order chi connectivity index (χ0) is 22.2. The minimum atomic E-state index is -0.357. The molecule has 162 valence electrons. The number of aromatic nitrogens is 2. The molecule has 0 radical (unpaired) electrons. The number of ether oxygens (including phenoxy) is 1. The first kappa shape index (κ1) is 20.6. The first-order valence-electron chi connectivity index (χ1n) is 10.6. The molecular weight excluding hydrogens is 422 g/mol. The lowest BCUT2D eigenvalue weighted by Gasteiger charge is -2.10.